The Morgan fingerprint density at radius 2 is 1.55 bits per heavy atom. The van der Waals surface area contributed by atoms with Crippen LogP contribution in [0.4, 0.5) is 4.39 Å². The molecule has 4 aromatic carbocycles. The van der Waals surface area contributed by atoms with Crippen molar-refractivity contribution in [2.24, 2.45) is 0 Å². The molecule has 0 amide bonds. The minimum atomic E-state index is -3.25. The van der Waals surface area contributed by atoms with Crippen LogP contribution < -0.4 is 4.74 Å². The van der Waals surface area contributed by atoms with Crippen molar-refractivity contribution in [3.05, 3.63) is 117 Å². The smallest absolute Gasteiger partial charge is 0.151 e. The summed E-state index contributed by atoms with van der Waals surface area (Å²) in [5.41, 5.74) is 3.01. The summed E-state index contributed by atoms with van der Waals surface area (Å²) in [5.74, 6) is 4.44. The van der Waals surface area contributed by atoms with Crippen LogP contribution in [0, 0.1) is 5.82 Å². The van der Waals surface area contributed by atoms with Gasteiger partial charge in [0.05, 0.1) is 19.6 Å². The number of ether oxygens (including phenoxy) is 1. The summed E-state index contributed by atoms with van der Waals surface area (Å²) < 4.78 is 35.3. The molecule has 0 bridgehead atoms. The van der Waals surface area contributed by atoms with Crippen LogP contribution in [-0.4, -0.2) is 19.5 Å². The molecule has 0 aliphatic carbocycles. The van der Waals surface area contributed by atoms with Crippen molar-refractivity contribution in [2.45, 2.75) is 50.6 Å². The van der Waals surface area contributed by atoms with E-state index in [-0.39, 0.29) is 33.1 Å². The molecule has 1 N–H and O–H groups in total. The highest BCUT2D eigenvalue weighted by molar-refractivity contribution is 7.98. The van der Waals surface area contributed by atoms with Gasteiger partial charge in [0.2, 0.25) is 0 Å². The summed E-state index contributed by atoms with van der Waals surface area (Å²) in [6.07, 6.45) is 4.51. The zero-order chi connectivity index (χ0) is 28.7. The Balaban J connectivity index is 1.64. The number of unbranched alkanes of at least 4 members (excludes halogenated alkanes) is 2. The van der Waals surface area contributed by atoms with E-state index in [2.05, 4.69) is 24.9 Å². The Morgan fingerprint density at radius 3 is 2.25 bits per heavy atom. The molecular formula is C32H32Cl2FNO3S. The number of nitrogens with zero attached hydrogens (tertiary/aromatic N) is 1. The fourth-order valence-electron chi connectivity index (χ4n) is 4.33. The van der Waals surface area contributed by atoms with Crippen molar-refractivity contribution >= 4 is 38.8 Å². The SMILES string of the molecule is C=S(=O)(c1cc(Cl)cc(Cl)c1O)N(Cc1ccc(CCCCC)cc1)Cc1cccc(Oc2ccc(F)cc2)c1. The fraction of sp³-hybridized carbons (Fsp3) is 0.219. The van der Waals surface area contributed by atoms with Crippen molar-refractivity contribution in [3.8, 4) is 17.2 Å². The van der Waals surface area contributed by atoms with Gasteiger partial charge in [-0.05, 0) is 83.9 Å². The van der Waals surface area contributed by atoms with Crippen molar-refractivity contribution in [1.29, 1.82) is 0 Å². The highest BCUT2D eigenvalue weighted by Crippen LogP contribution is 2.37. The van der Waals surface area contributed by atoms with E-state index >= 15 is 0 Å². The van der Waals surface area contributed by atoms with Crippen LogP contribution in [0.25, 0.3) is 0 Å². The molecule has 0 aliphatic heterocycles. The maximum absolute atomic E-state index is 14.3. The normalized spacial score (nSPS) is 12.8. The monoisotopic (exact) mass is 599 g/mol. The third-order valence-corrected chi connectivity index (χ3v) is 9.11. The summed E-state index contributed by atoms with van der Waals surface area (Å²) in [4.78, 5) is 0.0694. The lowest BCUT2D eigenvalue weighted by Crippen LogP contribution is -2.30. The first kappa shape index (κ1) is 29.9. The lowest BCUT2D eigenvalue weighted by Gasteiger charge is -2.28. The summed E-state index contributed by atoms with van der Waals surface area (Å²) in [5, 5.41) is 11.0. The molecular weight excluding hydrogens is 568 g/mol. The number of phenols is 1. The van der Waals surface area contributed by atoms with Gasteiger partial charge in [0.25, 0.3) is 0 Å². The standard InChI is InChI=1S/C32H32Cl2FNO3S/c1-3-4-5-7-23-10-12-24(13-11-23)21-36(40(2,38)31-20-26(33)19-30(34)32(31)37)22-25-8-6-9-29(18-25)39-28-16-14-27(35)15-17-28/h6,8-20,37H,2-5,7,21-22H2,1H3. The minimum Gasteiger partial charge on any atom is -0.505 e. The molecule has 0 radical (unpaired) electrons. The first-order valence-corrected chi connectivity index (χ1v) is 15.5. The van der Waals surface area contributed by atoms with Crippen LogP contribution in [0.15, 0.2) is 89.8 Å². The van der Waals surface area contributed by atoms with Gasteiger partial charge >= 0.3 is 0 Å². The van der Waals surface area contributed by atoms with Crippen LogP contribution in [0.2, 0.25) is 10.0 Å². The molecule has 1 atom stereocenters. The Morgan fingerprint density at radius 1 is 0.875 bits per heavy atom. The van der Waals surface area contributed by atoms with Crippen LogP contribution in [-0.2, 0) is 29.2 Å². The van der Waals surface area contributed by atoms with Crippen LogP contribution in [0.1, 0.15) is 42.9 Å². The molecule has 0 spiro atoms. The van der Waals surface area contributed by atoms with Gasteiger partial charge in [-0.3, -0.25) is 0 Å². The summed E-state index contributed by atoms with van der Waals surface area (Å²) in [6, 6.07) is 24.2. The Hall–Kier alpha value is -3.03. The van der Waals surface area contributed by atoms with Crippen LogP contribution in [0.3, 0.4) is 0 Å². The Labute approximate surface area is 246 Å². The summed E-state index contributed by atoms with van der Waals surface area (Å²) in [7, 11) is -3.25. The van der Waals surface area contributed by atoms with Crippen molar-refractivity contribution in [3.63, 3.8) is 0 Å². The molecule has 4 aromatic rings. The molecule has 0 aliphatic rings. The third-order valence-electron chi connectivity index (χ3n) is 6.51. The molecule has 0 fully saturated rings. The first-order valence-electron chi connectivity index (χ1n) is 13.1. The maximum atomic E-state index is 14.3. The molecule has 8 heteroatoms. The first-order chi connectivity index (χ1) is 19.2. The van der Waals surface area contributed by atoms with Gasteiger partial charge in [0.1, 0.15) is 17.3 Å². The summed E-state index contributed by atoms with van der Waals surface area (Å²) >= 11 is 12.4. The number of benzene rings is 4. The Bertz CT molecular complexity index is 1540. The fourth-order valence-corrected chi connectivity index (χ4v) is 6.66. The third kappa shape index (κ3) is 7.79. The van der Waals surface area contributed by atoms with Gasteiger partial charge in [0, 0.05) is 18.1 Å². The van der Waals surface area contributed by atoms with E-state index in [1.807, 2.05) is 30.3 Å². The molecule has 0 aromatic heterocycles. The second kappa shape index (κ2) is 13.6. The molecule has 0 saturated carbocycles. The molecule has 0 saturated heterocycles. The number of aromatic hydroxyl groups is 1. The van der Waals surface area contributed by atoms with Gasteiger partial charge in [-0.1, -0.05) is 79.4 Å². The quantitative estimate of drug-likeness (QED) is 0.130. The highest BCUT2D eigenvalue weighted by atomic mass is 35.5. The lowest BCUT2D eigenvalue weighted by molar-refractivity contribution is 0.422. The number of phenolic OH excluding ortho intramolecular Hbond substituents is 1. The Kier molecular flexibility index (Phi) is 10.1. The molecule has 210 valence electrons. The summed E-state index contributed by atoms with van der Waals surface area (Å²) in [6.45, 7) is 2.71. The number of halogens is 3. The van der Waals surface area contributed by atoms with Crippen molar-refractivity contribution < 1.29 is 18.4 Å². The van der Waals surface area contributed by atoms with Gasteiger partial charge in [0.15, 0.2) is 5.75 Å². The average Bonchev–Trinajstić information content (AvgIpc) is 2.93. The van der Waals surface area contributed by atoms with E-state index in [1.54, 1.807) is 22.5 Å². The van der Waals surface area contributed by atoms with Gasteiger partial charge in [-0.25, -0.2) is 12.9 Å². The second-order valence-corrected chi connectivity index (χ2v) is 12.7. The number of hydrogen-bond donors (Lipinski definition) is 1. The predicted octanol–water partition coefficient (Wildman–Crippen LogP) is 9.06. The van der Waals surface area contributed by atoms with Crippen molar-refractivity contribution in [1.82, 2.24) is 4.31 Å². The van der Waals surface area contributed by atoms with Gasteiger partial charge in [-0.15, -0.1) is 0 Å². The zero-order valence-corrected chi connectivity index (χ0v) is 24.6. The number of aryl methyl sites for hydroxylation is 1. The number of hydrogen-bond acceptors (Lipinski definition) is 3. The van der Waals surface area contributed by atoms with E-state index in [4.69, 9.17) is 27.9 Å². The molecule has 40 heavy (non-hydrogen) atoms. The van der Waals surface area contributed by atoms with E-state index in [1.165, 1.54) is 42.7 Å². The van der Waals surface area contributed by atoms with Crippen LogP contribution in [0.5, 0.6) is 17.2 Å². The molecule has 1 unspecified atom stereocenters. The second-order valence-electron chi connectivity index (χ2n) is 9.65. The zero-order valence-electron chi connectivity index (χ0n) is 22.3. The molecule has 4 rings (SSSR count). The predicted molar refractivity (Wildman–Crippen MR) is 163 cm³/mol. The van der Waals surface area contributed by atoms with E-state index in [0.717, 1.165) is 24.0 Å². The van der Waals surface area contributed by atoms with E-state index < -0.39 is 9.71 Å². The lowest BCUT2D eigenvalue weighted by atomic mass is 10.1. The van der Waals surface area contributed by atoms with E-state index in [0.29, 0.717) is 18.0 Å². The maximum Gasteiger partial charge on any atom is 0.151 e. The molecule has 4 nitrogen and oxygen atoms in total. The van der Waals surface area contributed by atoms with Gasteiger partial charge in [-0.2, -0.15) is 0 Å². The van der Waals surface area contributed by atoms with Crippen molar-refractivity contribution in [2.75, 3.05) is 0 Å². The topological polar surface area (TPSA) is 49.8 Å². The minimum absolute atomic E-state index is 0.00459. The van der Waals surface area contributed by atoms with Gasteiger partial charge < -0.3 is 9.84 Å². The number of rotatable bonds is 12. The van der Waals surface area contributed by atoms with E-state index in [9.17, 15) is 13.7 Å². The average molecular weight is 601 g/mol. The largest absolute Gasteiger partial charge is 0.505 e. The highest BCUT2D eigenvalue weighted by Gasteiger charge is 2.24. The molecule has 0 heterocycles. The van der Waals surface area contributed by atoms with Crippen LogP contribution >= 0.6 is 23.2 Å².